The first-order valence-corrected chi connectivity index (χ1v) is 9.24. The molecular weight excluding hydrogens is 338 g/mol. The predicted octanol–water partition coefficient (Wildman–Crippen LogP) is 4.34. The van der Waals surface area contributed by atoms with E-state index in [0.717, 1.165) is 15.3 Å². The van der Waals surface area contributed by atoms with Crippen molar-refractivity contribution >= 4 is 34.7 Å². The Bertz CT molecular complexity index is 807. The van der Waals surface area contributed by atoms with E-state index in [-0.39, 0.29) is 12.5 Å². The maximum atomic E-state index is 11.8. The van der Waals surface area contributed by atoms with E-state index < -0.39 is 6.10 Å². The molecule has 0 radical (unpaired) electrons. The zero-order valence-corrected chi connectivity index (χ0v) is 14.5. The molecule has 1 unspecified atom stereocenters. The lowest BCUT2D eigenvalue weighted by atomic mass is 10.2. The SMILES string of the molecule is O=C(/C=C/c1ccccc1)NCC(O)c1ccc(-c2cccs2)s1. The fraction of sp³-hybridized carbons (Fsp3) is 0.105. The molecule has 0 aliphatic heterocycles. The summed E-state index contributed by atoms with van der Waals surface area (Å²) in [4.78, 5) is 15.0. The molecule has 2 aromatic heterocycles. The van der Waals surface area contributed by atoms with E-state index in [9.17, 15) is 9.90 Å². The highest BCUT2D eigenvalue weighted by Gasteiger charge is 2.12. The highest BCUT2D eigenvalue weighted by molar-refractivity contribution is 7.21. The van der Waals surface area contributed by atoms with Gasteiger partial charge in [0.15, 0.2) is 0 Å². The number of amides is 1. The van der Waals surface area contributed by atoms with E-state index in [1.165, 1.54) is 11.0 Å². The van der Waals surface area contributed by atoms with Crippen molar-refractivity contribution in [3.63, 3.8) is 0 Å². The Morgan fingerprint density at radius 1 is 1.08 bits per heavy atom. The van der Waals surface area contributed by atoms with Crippen LogP contribution in [0.15, 0.2) is 66.1 Å². The van der Waals surface area contributed by atoms with Gasteiger partial charge < -0.3 is 10.4 Å². The summed E-state index contributed by atoms with van der Waals surface area (Å²) in [7, 11) is 0. The normalized spacial score (nSPS) is 12.4. The topological polar surface area (TPSA) is 49.3 Å². The molecule has 1 atom stereocenters. The minimum atomic E-state index is -0.696. The lowest BCUT2D eigenvalue weighted by molar-refractivity contribution is -0.116. The minimum Gasteiger partial charge on any atom is -0.386 e. The number of nitrogens with one attached hydrogen (secondary N) is 1. The lowest BCUT2D eigenvalue weighted by Crippen LogP contribution is -2.26. The Labute approximate surface area is 148 Å². The van der Waals surface area contributed by atoms with E-state index in [0.29, 0.717) is 0 Å². The molecule has 0 aliphatic carbocycles. The van der Waals surface area contributed by atoms with Crippen LogP contribution < -0.4 is 5.32 Å². The van der Waals surface area contributed by atoms with Gasteiger partial charge in [0.25, 0.3) is 0 Å². The van der Waals surface area contributed by atoms with Crippen molar-refractivity contribution in [3.05, 3.63) is 76.5 Å². The van der Waals surface area contributed by atoms with Gasteiger partial charge in [0.05, 0.1) is 0 Å². The fourth-order valence-electron chi connectivity index (χ4n) is 2.18. The second-order valence-electron chi connectivity index (χ2n) is 5.18. The molecule has 5 heteroatoms. The van der Waals surface area contributed by atoms with Crippen molar-refractivity contribution in [3.8, 4) is 9.75 Å². The van der Waals surface area contributed by atoms with Crippen LogP contribution in [-0.2, 0) is 4.79 Å². The molecule has 1 aromatic carbocycles. The molecule has 0 saturated heterocycles. The standard InChI is InChI=1S/C19H17NO2S2/c21-15(16-9-10-18(24-16)17-7-4-12-23-17)13-20-19(22)11-8-14-5-2-1-3-6-14/h1-12,15,21H,13H2,(H,20,22)/b11-8+. The van der Waals surface area contributed by atoms with E-state index in [1.807, 2.05) is 53.9 Å². The number of hydrogen-bond donors (Lipinski definition) is 2. The van der Waals surface area contributed by atoms with Gasteiger partial charge in [-0.3, -0.25) is 4.79 Å². The zero-order valence-electron chi connectivity index (χ0n) is 12.9. The van der Waals surface area contributed by atoms with Gasteiger partial charge in [-0.25, -0.2) is 0 Å². The molecule has 3 aromatic rings. The van der Waals surface area contributed by atoms with Crippen LogP contribution in [0, 0.1) is 0 Å². The molecule has 0 spiro atoms. The molecule has 122 valence electrons. The van der Waals surface area contributed by atoms with Crippen LogP contribution in [0.25, 0.3) is 15.8 Å². The van der Waals surface area contributed by atoms with E-state index in [1.54, 1.807) is 28.7 Å². The summed E-state index contributed by atoms with van der Waals surface area (Å²) in [5.74, 6) is -0.215. The predicted molar refractivity (Wildman–Crippen MR) is 101 cm³/mol. The second kappa shape index (κ2) is 8.06. The molecule has 2 N–H and O–H groups in total. The van der Waals surface area contributed by atoms with Gasteiger partial charge in [-0.1, -0.05) is 36.4 Å². The number of benzene rings is 1. The fourth-order valence-corrected chi connectivity index (χ4v) is 4.00. The van der Waals surface area contributed by atoms with Crippen LogP contribution in [0.1, 0.15) is 16.5 Å². The first-order valence-electron chi connectivity index (χ1n) is 7.55. The van der Waals surface area contributed by atoms with Crippen LogP contribution in [-0.4, -0.2) is 17.6 Å². The Hall–Kier alpha value is -2.21. The summed E-state index contributed by atoms with van der Waals surface area (Å²) >= 11 is 3.23. The Kier molecular flexibility index (Phi) is 5.59. The third kappa shape index (κ3) is 4.41. The quantitative estimate of drug-likeness (QED) is 0.646. The van der Waals surface area contributed by atoms with E-state index >= 15 is 0 Å². The van der Waals surface area contributed by atoms with Crippen molar-refractivity contribution in [1.29, 1.82) is 0 Å². The number of aliphatic hydroxyl groups excluding tert-OH is 1. The molecule has 0 fully saturated rings. The summed E-state index contributed by atoms with van der Waals surface area (Å²) in [6, 6.07) is 17.6. The monoisotopic (exact) mass is 355 g/mol. The molecule has 0 bridgehead atoms. The Balaban J connectivity index is 1.53. The highest BCUT2D eigenvalue weighted by atomic mass is 32.1. The Morgan fingerprint density at radius 2 is 1.92 bits per heavy atom. The molecule has 0 aliphatic rings. The third-order valence-corrected chi connectivity index (χ3v) is 5.67. The van der Waals surface area contributed by atoms with Crippen molar-refractivity contribution in [2.24, 2.45) is 0 Å². The van der Waals surface area contributed by atoms with E-state index in [2.05, 4.69) is 11.4 Å². The summed E-state index contributed by atoms with van der Waals surface area (Å²) in [6.45, 7) is 0.197. The number of aliphatic hydroxyl groups is 1. The minimum absolute atomic E-state index is 0.197. The number of carbonyl (C=O) groups is 1. The van der Waals surface area contributed by atoms with Crippen molar-refractivity contribution in [1.82, 2.24) is 5.32 Å². The van der Waals surface area contributed by atoms with Crippen molar-refractivity contribution in [2.75, 3.05) is 6.54 Å². The largest absolute Gasteiger partial charge is 0.386 e. The second-order valence-corrected chi connectivity index (χ2v) is 7.25. The number of hydrogen-bond acceptors (Lipinski definition) is 4. The van der Waals surface area contributed by atoms with Crippen LogP contribution >= 0.6 is 22.7 Å². The third-order valence-electron chi connectivity index (χ3n) is 3.42. The number of carbonyl (C=O) groups excluding carboxylic acids is 1. The average Bonchev–Trinajstić information content (AvgIpc) is 3.29. The molecular formula is C19H17NO2S2. The summed E-state index contributed by atoms with van der Waals surface area (Å²) in [5.41, 5.74) is 0.965. The average molecular weight is 355 g/mol. The smallest absolute Gasteiger partial charge is 0.244 e. The van der Waals surface area contributed by atoms with Gasteiger partial charge in [0, 0.05) is 27.3 Å². The molecule has 0 saturated carbocycles. The van der Waals surface area contributed by atoms with Crippen molar-refractivity contribution in [2.45, 2.75) is 6.10 Å². The van der Waals surface area contributed by atoms with E-state index in [4.69, 9.17) is 0 Å². The number of rotatable bonds is 6. The first-order chi connectivity index (χ1) is 11.7. The lowest BCUT2D eigenvalue weighted by Gasteiger charge is -2.08. The maximum absolute atomic E-state index is 11.8. The summed E-state index contributed by atoms with van der Waals surface area (Å²) in [5, 5.41) is 15.0. The highest BCUT2D eigenvalue weighted by Crippen LogP contribution is 2.33. The molecule has 1 amide bonds. The maximum Gasteiger partial charge on any atom is 0.244 e. The molecule has 3 nitrogen and oxygen atoms in total. The van der Waals surface area contributed by atoms with Crippen LogP contribution in [0.5, 0.6) is 0 Å². The summed E-state index contributed by atoms with van der Waals surface area (Å²) in [6.07, 6.45) is 2.53. The van der Waals surface area contributed by atoms with Gasteiger partial charge in [0.2, 0.25) is 5.91 Å². The van der Waals surface area contributed by atoms with Gasteiger partial charge in [-0.15, -0.1) is 22.7 Å². The van der Waals surface area contributed by atoms with Crippen LogP contribution in [0.2, 0.25) is 0 Å². The van der Waals surface area contributed by atoms with Crippen molar-refractivity contribution < 1.29 is 9.90 Å². The van der Waals surface area contributed by atoms with Gasteiger partial charge in [-0.2, -0.15) is 0 Å². The molecule has 24 heavy (non-hydrogen) atoms. The van der Waals surface area contributed by atoms with Crippen LogP contribution in [0.3, 0.4) is 0 Å². The summed E-state index contributed by atoms with van der Waals surface area (Å²) < 4.78 is 0. The number of thiophene rings is 2. The van der Waals surface area contributed by atoms with Gasteiger partial charge in [-0.05, 0) is 35.2 Å². The van der Waals surface area contributed by atoms with Gasteiger partial charge >= 0.3 is 0 Å². The Morgan fingerprint density at radius 3 is 2.67 bits per heavy atom. The molecule has 3 rings (SSSR count). The first kappa shape index (κ1) is 16.6. The molecule has 2 heterocycles. The van der Waals surface area contributed by atoms with Gasteiger partial charge in [0.1, 0.15) is 6.10 Å². The zero-order chi connectivity index (χ0) is 16.8. The van der Waals surface area contributed by atoms with Crippen LogP contribution in [0.4, 0.5) is 0 Å².